The molecule has 1 aliphatic carbocycles. The smallest absolute Gasteiger partial charge is 0.0406 e. The van der Waals surface area contributed by atoms with Crippen LogP contribution < -0.4 is 5.32 Å². The second kappa shape index (κ2) is 7.31. The number of likely N-dealkylation sites (tertiary alicyclic amines) is 1. The first-order chi connectivity index (χ1) is 10.8. The van der Waals surface area contributed by atoms with E-state index in [-0.39, 0.29) is 12.4 Å². The summed E-state index contributed by atoms with van der Waals surface area (Å²) >= 11 is 6.10. The fourth-order valence-corrected chi connectivity index (χ4v) is 5.13. The normalized spacial score (nSPS) is 25.8. The van der Waals surface area contributed by atoms with E-state index in [0.717, 1.165) is 10.9 Å². The molecule has 4 rings (SSSR count). The van der Waals surface area contributed by atoms with Crippen LogP contribution in [0, 0.1) is 11.3 Å². The third-order valence-corrected chi connectivity index (χ3v) is 6.44. The number of nitrogens with zero attached hydrogens (tertiary/aromatic N) is 1. The molecule has 2 nitrogen and oxygen atoms in total. The predicted octanol–water partition coefficient (Wildman–Crippen LogP) is 4.68. The average molecular weight is 355 g/mol. The highest BCUT2D eigenvalue weighted by Crippen LogP contribution is 2.48. The summed E-state index contributed by atoms with van der Waals surface area (Å²) in [6, 6.07) is 9.29. The molecule has 1 N–H and O–H groups in total. The van der Waals surface area contributed by atoms with Crippen LogP contribution in [0.3, 0.4) is 0 Å². The minimum atomic E-state index is 0. The molecule has 1 spiro atoms. The Morgan fingerprint density at radius 2 is 1.65 bits per heavy atom. The molecular weight excluding hydrogens is 327 g/mol. The maximum atomic E-state index is 6.10. The summed E-state index contributed by atoms with van der Waals surface area (Å²) in [7, 11) is 0. The van der Waals surface area contributed by atoms with Crippen molar-refractivity contribution in [2.24, 2.45) is 11.3 Å². The van der Waals surface area contributed by atoms with Crippen LogP contribution in [0.5, 0.6) is 0 Å². The first kappa shape index (κ1) is 17.5. The second-order valence-corrected chi connectivity index (χ2v) is 8.13. The molecule has 128 valence electrons. The van der Waals surface area contributed by atoms with Gasteiger partial charge in [0.2, 0.25) is 0 Å². The van der Waals surface area contributed by atoms with Gasteiger partial charge in [0.05, 0.1) is 0 Å². The molecule has 0 radical (unpaired) electrons. The monoisotopic (exact) mass is 354 g/mol. The molecule has 3 fully saturated rings. The minimum absolute atomic E-state index is 0. The number of benzene rings is 1. The minimum Gasteiger partial charge on any atom is -0.317 e. The van der Waals surface area contributed by atoms with Crippen LogP contribution in [0.25, 0.3) is 0 Å². The lowest BCUT2D eigenvalue weighted by atomic mass is 9.70. The van der Waals surface area contributed by atoms with Crippen molar-refractivity contribution in [3.05, 3.63) is 34.9 Å². The van der Waals surface area contributed by atoms with Crippen molar-refractivity contribution < 1.29 is 0 Å². The zero-order chi connectivity index (χ0) is 15.0. The molecule has 1 unspecified atom stereocenters. The molecule has 2 aliphatic heterocycles. The van der Waals surface area contributed by atoms with E-state index >= 15 is 0 Å². The van der Waals surface area contributed by atoms with Crippen molar-refractivity contribution in [3.8, 4) is 0 Å². The molecule has 0 aromatic heterocycles. The Balaban J connectivity index is 0.00000156. The van der Waals surface area contributed by atoms with E-state index in [1.54, 1.807) is 0 Å². The summed E-state index contributed by atoms with van der Waals surface area (Å²) in [6.07, 6.45) is 8.36. The van der Waals surface area contributed by atoms with Crippen LogP contribution in [0.1, 0.15) is 50.1 Å². The maximum absolute atomic E-state index is 6.10. The van der Waals surface area contributed by atoms with Gasteiger partial charge in [-0.2, -0.15) is 0 Å². The molecule has 1 atom stereocenters. The molecule has 3 aliphatic rings. The largest absolute Gasteiger partial charge is 0.317 e. The molecule has 1 saturated carbocycles. The first-order valence-electron chi connectivity index (χ1n) is 8.96. The molecule has 1 aromatic rings. The Bertz CT molecular complexity index is 497. The zero-order valence-corrected chi connectivity index (χ0v) is 15.3. The molecule has 4 heteroatoms. The summed E-state index contributed by atoms with van der Waals surface area (Å²) in [5.41, 5.74) is 2.11. The number of piperidine rings is 1. The Kier molecular flexibility index (Phi) is 5.57. The zero-order valence-electron chi connectivity index (χ0n) is 13.8. The number of nitrogens with one attached hydrogen (secondary N) is 1. The highest BCUT2D eigenvalue weighted by molar-refractivity contribution is 6.30. The highest BCUT2D eigenvalue weighted by Gasteiger charge is 2.47. The van der Waals surface area contributed by atoms with Crippen molar-refractivity contribution in [3.63, 3.8) is 0 Å². The highest BCUT2D eigenvalue weighted by atomic mass is 35.5. The van der Waals surface area contributed by atoms with Gasteiger partial charge in [-0.1, -0.05) is 36.6 Å². The lowest BCUT2D eigenvalue weighted by Crippen LogP contribution is -2.61. The van der Waals surface area contributed by atoms with Crippen LogP contribution in [0.2, 0.25) is 5.02 Å². The van der Waals surface area contributed by atoms with Gasteiger partial charge in [0.15, 0.2) is 0 Å². The fraction of sp³-hybridized carbons (Fsp3) is 0.684. The van der Waals surface area contributed by atoms with Gasteiger partial charge in [0.1, 0.15) is 0 Å². The van der Waals surface area contributed by atoms with Crippen molar-refractivity contribution in [2.75, 3.05) is 26.2 Å². The summed E-state index contributed by atoms with van der Waals surface area (Å²) in [6.45, 7) is 5.03. The first-order valence-corrected chi connectivity index (χ1v) is 9.34. The lowest BCUT2D eigenvalue weighted by molar-refractivity contribution is -0.0661. The summed E-state index contributed by atoms with van der Waals surface area (Å²) in [5.74, 6) is 0.847. The van der Waals surface area contributed by atoms with E-state index in [2.05, 4.69) is 34.5 Å². The van der Waals surface area contributed by atoms with Crippen LogP contribution >= 0.6 is 24.0 Å². The van der Waals surface area contributed by atoms with Crippen molar-refractivity contribution >= 4 is 24.0 Å². The summed E-state index contributed by atoms with van der Waals surface area (Å²) in [5, 5.41) is 4.37. The third-order valence-electron chi connectivity index (χ3n) is 6.19. The van der Waals surface area contributed by atoms with Gasteiger partial charge >= 0.3 is 0 Å². The molecule has 23 heavy (non-hydrogen) atoms. The second-order valence-electron chi connectivity index (χ2n) is 7.70. The van der Waals surface area contributed by atoms with Gasteiger partial charge in [0.25, 0.3) is 0 Å². The summed E-state index contributed by atoms with van der Waals surface area (Å²) < 4.78 is 0. The number of hydrogen-bond donors (Lipinski definition) is 1. The van der Waals surface area contributed by atoms with Crippen LogP contribution in [0.4, 0.5) is 0 Å². The van der Waals surface area contributed by atoms with Crippen LogP contribution in [-0.4, -0.2) is 31.1 Å². The van der Waals surface area contributed by atoms with Gasteiger partial charge in [-0.05, 0) is 67.8 Å². The Labute approximate surface area is 151 Å². The SMILES string of the molecule is Cl.Clc1ccc(C(C2CCCC2)N2CC3(CCNCC3)C2)cc1. The summed E-state index contributed by atoms with van der Waals surface area (Å²) in [4.78, 5) is 2.77. The van der Waals surface area contributed by atoms with Crippen LogP contribution in [0.15, 0.2) is 24.3 Å². The molecule has 0 amide bonds. The van der Waals surface area contributed by atoms with E-state index in [1.807, 2.05) is 0 Å². The van der Waals surface area contributed by atoms with Crippen molar-refractivity contribution in [2.45, 2.75) is 44.6 Å². The number of halogens is 2. The topological polar surface area (TPSA) is 15.3 Å². The van der Waals surface area contributed by atoms with Gasteiger partial charge in [-0.25, -0.2) is 0 Å². The number of rotatable bonds is 3. The molecule has 1 aromatic carbocycles. The van der Waals surface area contributed by atoms with Gasteiger partial charge in [-0.15, -0.1) is 12.4 Å². The van der Waals surface area contributed by atoms with Crippen molar-refractivity contribution in [1.82, 2.24) is 10.2 Å². The third kappa shape index (κ3) is 3.56. The maximum Gasteiger partial charge on any atom is 0.0406 e. The van der Waals surface area contributed by atoms with E-state index in [1.165, 1.54) is 70.3 Å². The number of hydrogen-bond acceptors (Lipinski definition) is 2. The molecular formula is C19H28Cl2N2. The van der Waals surface area contributed by atoms with Gasteiger partial charge in [0, 0.05) is 24.2 Å². The fourth-order valence-electron chi connectivity index (χ4n) is 5.00. The van der Waals surface area contributed by atoms with Crippen LogP contribution in [-0.2, 0) is 0 Å². The molecule has 2 saturated heterocycles. The quantitative estimate of drug-likeness (QED) is 0.847. The Morgan fingerprint density at radius 1 is 1.04 bits per heavy atom. The van der Waals surface area contributed by atoms with E-state index in [0.29, 0.717) is 11.5 Å². The van der Waals surface area contributed by atoms with E-state index < -0.39 is 0 Å². The Morgan fingerprint density at radius 3 is 2.26 bits per heavy atom. The molecule has 0 bridgehead atoms. The van der Waals surface area contributed by atoms with Crippen molar-refractivity contribution in [1.29, 1.82) is 0 Å². The van der Waals surface area contributed by atoms with E-state index in [9.17, 15) is 0 Å². The Hall–Kier alpha value is -0.280. The lowest BCUT2D eigenvalue weighted by Gasteiger charge is -2.56. The van der Waals surface area contributed by atoms with Gasteiger partial charge in [-0.3, -0.25) is 4.90 Å². The molecule has 2 heterocycles. The predicted molar refractivity (Wildman–Crippen MR) is 99.5 cm³/mol. The van der Waals surface area contributed by atoms with Gasteiger partial charge < -0.3 is 5.32 Å². The standard InChI is InChI=1S/C19H27ClN2.ClH/c20-17-7-5-16(6-8-17)18(15-3-1-2-4-15)22-13-19(14-22)9-11-21-12-10-19;/h5-8,15,18,21H,1-4,9-14H2;1H. The average Bonchev–Trinajstić information content (AvgIpc) is 3.03. The van der Waals surface area contributed by atoms with E-state index in [4.69, 9.17) is 11.6 Å².